The van der Waals surface area contributed by atoms with Gasteiger partial charge >= 0.3 is 33.9 Å². The minimum absolute atomic E-state index is 0.00720. The lowest BCUT2D eigenvalue weighted by molar-refractivity contribution is -0.384. The van der Waals surface area contributed by atoms with Crippen LogP contribution < -0.4 is 13.8 Å². The number of fused-ring (bicyclic) bond motifs is 4. The smallest absolute Gasteiger partial charge is 0.454 e. The molecular weight excluding hydrogens is 927 g/mol. The van der Waals surface area contributed by atoms with E-state index in [0.29, 0.717) is 18.9 Å². The summed E-state index contributed by atoms with van der Waals surface area (Å²) < 4.78 is 155. The van der Waals surface area contributed by atoms with Crippen LogP contribution in [0, 0.1) is 33.2 Å². The first kappa shape index (κ1) is 49.9. The summed E-state index contributed by atoms with van der Waals surface area (Å²) in [5, 5.41) is 12.0. The zero-order valence-corrected chi connectivity index (χ0v) is 39.1. The van der Waals surface area contributed by atoms with Crippen molar-refractivity contribution in [2.75, 3.05) is 24.6 Å². The van der Waals surface area contributed by atoms with E-state index < -0.39 is 127 Å². The summed E-state index contributed by atoms with van der Waals surface area (Å²) in [5.41, 5.74) is -7.83. The van der Waals surface area contributed by atoms with Gasteiger partial charge in [0, 0.05) is 30.1 Å². The van der Waals surface area contributed by atoms with Crippen LogP contribution in [-0.2, 0) is 14.9 Å². The van der Waals surface area contributed by atoms with Gasteiger partial charge in [-0.25, -0.2) is 13.6 Å². The Morgan fingerprint density at radius 1 is 0.939 bits per heavy atom. The first-order valence-corrected chi connectivity index (χ1v) is 24.5. The third kappa shape index (κ3) is 9.66. The summed E-state index contributed by atoms with van der Waals surface area (Å²) in [6.07, 6.45) is -4.68. The number of nitro groups is 1. The minimum Gasteiger partial charge on any atom is -0.454 e. The predicted octanol–water partition coefficient (Wildman–Crippen LogP) is 11.0. The number of hydrogen-bond donors (Lipinski definition) is 0. The molecule has 2 atom stereocenters. The Kier molecular flexibility index (Phi) is 13.3. The zero-order valence-electron chi connectivity index (χ0n) is 37.2. The highest BCUT2D eigenvalue weighted by Crippen LogP contribution is 2.47. The number of carbonyl (C=O) groups is 1. The average molecular weight is 974 g/mol. The Morgan fingerprint density at radius 2 is 1.53 bits per heavy atom. The number of benzene rings is 3. The molecule has 0 aliphatic carbocycles. The molecule has 1 amide bonds. The molecule has 66 heavy (non-hydrogen) atoms. The molecular formula is C43H47F8N5O8SSi. The van der Waals surface area contributed by atoms with Crippen molar-refractivity contribution in [3.05, 3.63) is 57.6 Å². The number of nitrogens with zero attached hydrogens (tertiary/aromatic N) is 5. The summed E-state index contributed by atoms with van der Waals surface area (Å²) in [4.78, 5) is 36.4. The highest BCUT2D eigenvalue weighted by Gasteiger charge is 2.49. The van der Waals surface area contributed by atoms with Crippen molar-refractivity contribution in [3.63, 3.8) is 0 Å². The van der Waals surface area contributed by atoms with Crippen molar-refractivity contribution >= 4 is 57.5 Å². The molecule has 6 rings (SSSR count). The zero-order chi connectivity index (χ0) is 49.2. The number of carbonyl (C=O) groups excluding carboxylic acids is 1. The van der Waals surface area contributed by atoms with Crippen LogP contribution in [0.5, 0.6) is 11.8 Å². The lowest BCUT2D eigenvalue weighted by atomic mass is 9.92. The molecule has 0 unspecified atom stereocenters. The fraction of sp³-hybridized carbons (Fsp3) is 0.512. The monoisotopic (exact) mass is 973 g/mol. The number of aromatic nitrogens is 2. The van der Waals surface area contributed by atoms with Crippen molar-refractivity contribution in [1.29, 1.82) is 0 Å². The standard InChI is InChI=1S/C43H47F8N5O8SSi/c1-22(2)66(23(3)4,24(5)6)15-14-29-32(44)13-10-25-16-28(64-65(60,61)43(49,50)51)17-30(34(25)29)35-33(56(58)59)18-31-37(36(35)45)52-39(62-21-42(46,47)48)53-38(31)54-19-26-11-12-27(20-54)55(26)40(57)63-41(7,8)9/h10,13,16-18,22-24,26-27H,11-12,19-21H2,1-9H3/t26-,27+. The number of piperazine rings is 1. The molecule has 3 heterocycles. The van der Waals surface area contributed by atoms with E-state index in [-0.39, 0.29) is 40.9 Å². The molecule has 13 nitrogen and oxygen atoms in total. The van der Waals surface area contributed by atoms with E-state index in [0.717, 1.165) is 24.3 Å². The molecule has 358 valence electrons. The highest BCUT2D eigenvalue weighted by molar-refractivity contribution is 7.88. The number of ether oxygens (including phenoxy) is 2. The maximum Gasteiger partial charge on any atom is 0.534 e. The van der Waals surface area contributed by atoms with Crippen LogP contribution in [0.1, 0.15) is 80.7 Å². The molecule has 0 radical (unpaired) electrons. The minimum atomic E-state index is -6.42. The molecule has 2 aliphatic rings. The third-order valence-electron chi connectivity index (χ3n) is 11.9. The van der Waals surface area contributed by atoms with Crippen molar-refractivity contribution < 1.29 is 66.9 Å². The molecule has 3 aromatic carbocycles. The van der Waals surface area contributed by atoms with Gasteiger partial charge in [-0.1, -0.05) is 53.5 Å². The number of hydrogen-bond acceptors (Lipinski definition) is 11. The van der Waals surface area contributed by atoms with E-state index in [1.807, 2.05) is 41.5 Å². The van der Waals surface area contributed by atoms with Crippen molar-refractivity contribution in [2.45, 2.75) is 121 Å². The molecule has 23 heteroatoms. The van der Waals surface area contributed by atoms with Gasteiger partial charge in [0.05, 0.1) is 33.5 Å². The summed E-state index contributed by atoms with van der Waals surface area (Å²) in [6, 6.07) is 1.88. The Hall–Kier alpha value is -5.50. The Labute approximate surface area is 376 Å². The van der Waals surface area contributed by atoms with Gasteiger partial charge in [-0.15, -0.1) is 5.54 Å². The molecule has 2 saturated heterocycles. The molecule has 1 aromatic heterocycles. The second-order valence-electron chi connectivity index (χ2n) is 18.3. The molecule has 2 bridgehead atoms. The number of rotatable bonds is 10. The lowest BCUT2D eigenvalue weighted by Gasteiger charge is -2.42. The Balaban J connectivity index is 1.69. The average Bonchev–Trinajstić information content (AvgIpc) is 3.44. The van der Waals surface area contributed by atoms with Crippen LogP contribution in [0.3, 0.4) is 0 Å². The summed E-state index contributed by atoms with van der Waals surface area (Å²) in [6.45, 7) is 14.7. The molecule has 2 fully saturated rings. The van der Waals surface area contributed by atoms with E-state index in [2.05, 4.69) is 25.6 Å². The van der Waals surface area contributed by atoms with Gasteiger partial charge in [0.15, 0.2) is 12.4 Å². The SMILES string of the molecule is CC(C)[Si](C#Cc1c(F)ccc2cc(OS(=O)(=O)C(F)(F)F)cc(-c3c([N+](=O)[O-])cc4c(N5C[C@H]6CC[C@@H](C5)N6C(=O)OC(C)(C)C)nc(OCC(F)(F)F)nc4c3F)c12)(C(C)C)C(C)C. The quantitative estimate of drug-likeness (QED) is 0.0284. The number of amides is 1. The molecule has 4 aromatic rings. The first-order chi connectivity index (χ1) is 30.4. The topological polar surface area (TPSA) is 154 Å². The number of halogens is 8. The van der Waals surface area contributed by atoms with E-state index in [4.69, 9.17) is 9.47 Å². The van der Waals surface area contributed by atoms with Gasteiger partial charge in [-0.3, -0.25) is 15.0 Å². The number of nitro benzene ring substituents is 1. The van der Waals surface area contributed by atoms with Gasteiger partial charge in [-0.05, 0) is 73.8 Å². The molecule has 2 aliphatic heterocycles. The fourth-order valence-corrected chi connectivity index (χ4v) is 14.9. The van der Waals surface area contributed by atoms with E-state index >= 15 is 8.78 Å². The van der Waals surface area contributed by atoms with E-state index in [9.17, 15) is 49.7 Å². The normalized spacial score (nSPS) is 17.2. The molecule has 0 spiro atoms. The summed E-state index contributed by atoms with van der Waals surface area (Å²) in [5.74, 6) is -1.21. The van der Waals surface area contributed by atoms with Crippen LogP contribution in [0.15, 0.2) is 30.3 Å². The van der Waals surface area contributed by atoms with Gasteiger partial charge in [0.25, 0.3) is 5.69 Å². The third-order valence-corrected chi connectivity index (χ3v) is 19.2. The van der Waals surface area contributed by atoms with Crippen molar-refractivity contribution in [1.82, 2.24) is 14.9 Å². The Bertz CT molecular complexity index is 2730. The molecule has 0 N–H and O–H groups in total. The number of anilines is 1. The predicted molar refractivity (Wildman–Crippen MR) is 231 cm³/mol. The summed E-state index contributed by atoms with van der Waals surface area (Å²) in [7, 11) is -9.14. The van der Waals surface area contributed by atoms with E-state index in [1.54, 1.807) is 20.8 Å². The maximum atomic E-state index is 17.8. The molecule has 0 saturated carbocycles. The second kappa shape index (κ2) is 17.6. The van der Waals surface area contributed by atoms with Crippen molar-refractivity contribution in [3.8, 4) is 34.4 Å². The first-order valence-electron chi connectivity index (χ1n) is 20.8. The van der Waals surface area contributed by atoms with Crippen molar-refractivity contribution in [2.24, 2.45) is 0 Å². The van der Waals surface area contributed by atoms with Gasteiger partial charge in [-0.2, -0.15) is 44.7 Å². The van der Waals surface area contributed by atoms with Crippen LogP contribution in [0.2, 0.25) is 16.6 Å². The van der Waals surface area contributed by atoms with Crippen LogP contribution in [0.25, 0.3) is 32.8 Å². The van der Waals surface area contributed by atoms with Gasteiger partial charge in [0.2, 0.25) is 0 Å². The lowest BCUT2D eigenvalue weighted by Crippen LogP contribution is -2.57. The van der Waals surface area contributed by atoms with Gasteiger partial charge < -0.3 is 18.6 Å². The van der Waals surface area contributed by atoms with Crippen LogP contribution in [0.4, 0.5) is 51.4 Å². The maximum absolute atomic E-state index is 17.8. The number of alkyl halides is 6. The largest absolute Gasteiger partial charge is 0.534 e. The van der Waals surface area contributed by atoms with Crippen LogP contribution in [-0.4, -0.2) is 91.4 Å². The highest BCUT2D eigenvalue weighted by atomic mass is 32.2. The van der Waals surface area contributed by atoms with Gasteiger partial charge in [0.1, 0.15) is 36.6 Å². The Morgan fingerprint density at radius 3 is 2.05 bits per heavy atom. The fourth-order valence-electron chi connectivity index (χ4n) is 9.28. The second-order valence-corrected chi connectivity index (χ2v) is 25.4. The van der Waals surface area contributed by atoms with E-state index in [1.165, 1.54) is 9.80 Å². The summed E-state index contributed by atoms with van der Waals surface area (Å²) >= 11 is 0. The van der Waals surface area contributed by atoms with Crippen LogP contribution >= 0.6 is 0 Å².